The van der Waals surface area contributed by atoms with Crippen LogP contribution in [0.3, 0.4) is 0 Å². The molecule has 0 amide bonds. The van der Waals surface area contributed by atoms with Crippen molar-refractivity contribution >= 4 is 71.8 Å². The van der Waals surface area contributed by atoms with Crippen LogP contribution in [0.15, 0.2) is 0 Å². The zero-order chi connectivity index (χ0) is 13.0. The highest BCUT2D eigenvalue weighted by molar-refractivity contribution is 9.69. The molecule has 0 radical (unpaired) electrons. The monoisotopic (exact) mass is 429 g/mol. The molecule has 1 heterocycles. The summed E-state index contributed by atoms with van der Waals surface area (Å²) in [5.74, 6) is 0. The fraction of sp³-hybridized carbons (Fsp3) is 1.00. The van der Waals surface area contributed by atoms with Crippen LogP contribution in [0.4, 0.5) is 0 Å². The van der Waals surface area contributed by atoms with Gasteiger partial charge in [-0.25, -0.2) is 0 Å². The average molecular weight is 431 g/mol. The van der Waals surface area contributed by atoms with Crippen LogP contribution in [0.2, 0.25) is 20.5 Å². The zero-order valence-corrected chi connectivity index (χ0v) is 16.7. The molecular formula is C6H18AlB3Br3N3. The van der Waals surface area contributed by atoms with Crippen LogP contribution in [-0.4, -0.2) is 64.9 Å². The maximum atomic E-state index is 3.24. The van der Waals surface area contributed by atoms with Gasteiger partial charge in [-0.1, -0.05) is 20.5 Å². The average Bonchev–Trinajstić information content (AvgIpc) is 2.20. The Labute approximate surface area is 126 Å². The third-order valence-corrected chi connectivity index (χ3v) is 3.54. The molecule has 1 rings (SSSR count). The van der Waals surface area contributed by atoms with Gasteiger partial charge in [0, 0.05) is 0 Å². The number of rotatable bonds is 0. The normalized spacial score (nSPS) is 19.7. The Bertz CT molecular complexity index is 155. The van der Waals surface area contributed by atoms with Gasteiger partial charge in [-0.2, -0.15) is 42.2 Å². The van der Waals surface area contributed by atoms with Crippen LogP contribution in [0, 0.1) is 0 Å². The second kappa shape index (κ2) is 8.26. The highest BCUT2D eigenvalue weighted by Crippen LogP contribution is 2.13. The van der Waals surface area contributed by atoms with Crippen LogP contribution >= 0.6 is 42.2 Å². The van der Waals surface area contributed by atoms with Crippen molar-refractivity contribution in [3.8, 4) is 0 Å². The molecule has 0 atom stereocenters. The first kappa shape index (κ1) is 18.0. The van der Waals surface area contributed by atoms with Crippen molar-refractivity contribution in [3.63, 3.8) is 0 Å². The van der Waals surface area contributed by atoms with Gasteiger partial charge < -0.3 is 14.2 Å². The maximum absolute atomic E-state index is 3.24. The van der Waals surface area contributed by atoms with Gasteiger partial charge in [0.25, 0.3) is 20.9 Å². The van der Waals surface area contributed by atoms with Crippen LogP contribution in [0.1, 0.15) is 0 Å². The molecule has 0 aromatic rings. The van der Waals surface area contributed by atoms with E-state index in [0.717, 1.165) is 0 Å². The Hall–Kier alpha value is 2.05. The summed E-state index contributed by atoms with van der Waals surface area (Å²) in [7, 11) is 5.82. The molecule has 3 nitrogen and oxygen atoms in total. The van der Waals surface area contributed by atoms with Gasteiger partial charge >= 0.3 is 8.67 Å². The van der Waals surface area contributed by atoms with E-state index >= 15 is 0 Å². The summed E-state index contributed by atoms with van der Waals surface area (Å²) in [6.07, 6.45) is 0. The van der Waals surface area contributed by atoms with Gasteiger partial charge in [-0.3, -0.25) is 0 Å². The van der Waals surface area contributed by atoms with E-state index in [9.17, 15) is 0 Å². The molecule has 1 aliphatic rings. The summed E-state index contributed by atoms with van der Waals surface area (Å²) in [4.78, 5) is 0. The van der Waals surface area contributed by atoms with Crippen LogP contribution < -0.4 is 0 Å². The predicted molar refractivity (Wildman–Crippen MR) is 90.7 cm³/mol. The lowest BCUT2D eigenvalue weighted by Crippen LogP contribution is -2.72. The zero-order valence-electron chi connectivity index (χ0n) is 10.8. The molecular weight excluding hydrogens is 413 g/mol. The summed E-state index contributed by atoms with van der Waals surface area (Å²) in [5.41, 5.74) is 0. The highest BCUT2D eigenvalue weighted by atomic mass is 80.0. The SMILES string of the molecule is CB1N(C)B(C)N(C)B(C)N1C.[Br][Al]([Br])[Br]. The molecule has 1 saturated heterocycles. The lowest BCUT2D eigenvalue weighted by Gasteiger charge is -2.47. The molecule has 1 fully saturated rings. The van der Waals surface area contributed by atoms with E-state index in [0.29, 0.717) is 20.9 Å². The van der Waals surface area contributed by atoms with Crippen molar-refractivity contribution in [3.05, 3.63) is 0 Å². The first-order chi connectivity index (χ1) is 7.20. The minimum Gasteiger partial charge on any atom is -0.360 e. The summed E-state index contributed by atoms with van der Waals surface area (Å²) in [6.45, 7) is 8.35. The van der Waals surface area contributed by atoms with Crippen molar-refractivity contribution in [1.29, 1.82) is 0 Å². The first-order valence-electron chi connectivity index (χ1n) is 5.28. The Morgan fingerprint density at radius 2 is 0.812 bits per heavy atom. The largest absolute Gasteiger partial charge is 0.542 e. The molecule has 0 saturated carbocycles. The van der Waals surface area contributed by atoms with E-state index in [4.69, 9.17) is 0 Å². The lowest BCUT2D eigenvalue weighted by molar-refractivity contribution is 0.545. The van der Waals surface area contributed by atoms with E-state index < -0.39 is 8.67 Å². The summed E-state index contributed by atoms with van der Waals surface area (Å²) in [5, 5.41) is 0. The molecule has 10 heteroatoms. The smallest absolute Gasteiger partial charge is 0.360 e. The minimum atomic E-state index is -0.701. The van der Waals surface area contributed by atoms with Crippen LogP contribution in [-0.2, 0) is 0 Å². The quantitative estimate of drug-likeness (QED) is 0.546. The van der Waals surface area contributed by atoms with Crippen molar-refractivity contribution in [1.82, 2.24) is 14.2 Å². The van der Waals surface area contributed by atoms with Crippen LogP contribution in [0.25, 0.3) is 0 Å². The Morgan fingerprint density at radius 1 is 0.688 bits per heavy atom. The van der Waals surface area contributed by atoms with E-state index in [1.165, 1.54) is 0 Å². The first-order valence-corrected chi connectivity index (χ1v) is 14.8. The van der Waals surface area contributed by atoms with E-state index in [-0.39, 0.29) is 0 Å². The summed E-state index contributed by atoms with van der Waals surface area (Å²) < 4.78 is 7.12. The Kier molecular flexibility index (Phi) is 9.32. The van der Waals surface area contributed by atoms with Gasteiger partial charge in [0.15, 0.2) is 0 Å². The second-order valence-electron chi connectivity index (χ2n) is 4.14. The maximum Gasteiger partial charge on any atom is 0.542 e. The molecule has 0 unspecified atom stereocenters. The third-order valence-electron chi connectivity index (χ3n) is 3.54. The Balaban J connectivity index is 0.000000487. The summed E-state index contributed by atoms with van der Waals surface area (Å²) in [6, 6.07) is 0. The van der Waals surface area contributed by atoms with E-state index in [2.05, 4.69) is 97.9 Å². The van der Waals surface area contributed by atoms with Gasteiger partial charge in [0.2, 0.25) is 0 Å². The van der Waals surface area contributed by atoms with Crippen molar-refractivity contribution in [2.24, 2.45) is 0 Å². The molecule has 0 aliphatic carbocycles. The van der Waals surface area contributed by atoms with Gasteiger partial charge in [0.1, 0.15) is 0 Å². The van der Waals surface area contributed by atoms with Gasteiger partial charge in [-0.15, -0.1) is 0 Å². The predicted octanol–water partition coefficient (Wildman–Crippen LogP) is 2.31. The van der Waals surface area contributed by atoms with Crippen LogP contribution in [0.5, 0.6) is 0 Å². The number of hydrogen-bond acceptors (Lipinski definition) is 3. The molecule has 90 valence electrons. The minimum absolute atomic E-state index is 0.534. The van der Waals surface area contributed by atoms with Crippen molar-refractivity contribution in [2.45, 2.75) is 20.5 Å². The molecule has 1 aliphatic heterocycles. The molecule has 0 bridgehead atoms. The van der Waals surface area contributed by atoms with Gasteiger partial charge in [0.05, 0.1) is 0 Å². The standard InChI is InChI=1S/C6H18B3N3.Al.3BrH/c1-7-10(4)8(2)12(6)9(3)11(7)5;;;;/h1-6H3;;3*1H/q;+3;;;/p-3. The van der Waals surface area contributed by atoms with E-state index in [1.54, 1.807) is 0 Å². The molecule has 0 N–H and O–H groups in total. The third kappa shape index (κ3) is 5.36. The molecule has 0 spiro atoms. The van der Waals surface area contributed by atoms with E-state index in [1.807, 2.05) is 0 Å². The topological polar surface area (TPSA) is 9.72 Å². The Morgan fingerprint density at radius 3 is 0.938 bits per heavy atom. The fourth-order valence-corrected chi connectivity index (χ4v) is 1.80. The van der Waals surface area contributed by atoms with Gasteiger partial charge in [-0.05, 0) is 21.1 Å². The number of halogens is 3. The molecule has 0 aromatic heterocycles. The fourth-order valence-electron chi connectivity index (χ4n) is 1.80. The molecule has 16 heavy (non-hydrogen) atoms. The second-order valence-corrected chi connectivity index (χ2v) is 23.9. The lowest BCUT2D eigenvalue weighted by atomic mass is 9.46. The summed E-state index contributed by atoms with van der Waals surface area (Å²) >= 11 is 9.73. The number of hydrogen-bond donors (Lipinski definition) is 0. The van der Waals surface area contributed by atoms with Crippen molar-refractivity contribution in [2.75, 3.05) is 21.1 Å². The van der Waals surface area contributed by atoms with Crippen molar-refractivity contribution < 1.29 is 0 Å². The number of nitrogens with zero attached hydrogens (tertiary/aromatic N) is 3. The molecule has 0 aromatic carbocycles. The highest BCUT2D eigenvalue weighted by Gasteiger charge is 2.40.